The van der Waals surface area contributed by atoms with Crippen LogP contribution in [0, 0.1) is 0 Å². The number of rotatable bonds is 8. The highest BCUT2D eigenvalue weighted by Gasteiger charge is 2.36. The number of hydrogen-bond acceptors (Lipinski definition) is 7. The minimum atomic E-state index is 0.405. The van der Waals surface area contributed by atoms with Gasteiger partial charge in [0.25, 0.3) is 0 Å². The van der Waals surface area contributed by atoms with Gasteiger partial charge in [-0.25, -0.2) is 0 Å². The van der Waals surface area contributed by atoms with Crippen LogP contribution in [0.1, 0.15) is 30.9 Å². The second kappa shape index (κ2) is 11.9. The highest BCUT2D eigenvalue weighted by molar-refractivity contribution is 6.32. The first-order valence-corrected chi connectivity index (χ1v) is 13.5. The van der Waals surface area contributed by atoms with Gasteiger partial charge in [0.15, 0.2) is 11.5 Å². The molecule has 0 bridgehead atoms. The molecule has 7 nitrogen and oxygen atoms in total. The maximum absolute atomic E-state index is 6.25. The topological polar surface area (TPSA) is 46.6 Å². The lowest BCUT2D eigenvalue weighted by atomic mass is 9.89. The van der Waals surface area contributed by atoms with E-state index in [1.54, 1.807) is 14.2 Å². The van der Waals surface area contributed by atoms with E-state index in [0.717, 1.165) is 69.7 Å². The Morgan fingerprint density at radius 1 is 0.917 bits per heavy atom. The van der Waals surface area contributed by atoms with E-state index >= 15 is 0 Å². The van der Waals surface area contributed by atoms with Gasteiger partial charge in [-0.2, -0.15) is 0 Å². The van der Waals surface area contributed by atoms with E-state index < -0.39 is 0 Å². The highest BCUT2D eigenvalue weighted by atomic mass is 35.5. The predicted molar refractivity (Wildman–Crippen MR) is 143 cm³/mol. The van der Waals surface area contributed by atoms with E-state index in [9.17, 15) is 0 Å². The number of hydrogen-bond donors (Lipinski definition) is 0. The third kappa shape index (κ3) is 5.70. The van der Waals surface area contributed by atoms with Crippen LogP contribution in [0.4, 0.5) is 5.69 Å². The summed E-state index contributed by atoms with van der Waals surface area (Å²) < 4.78 is 22.8. The van der Waals surface area contributed by atoms with Crippen molar-refractivity contribution in [2.45, 2.75) is 31.3 Å². The summed E-state index contributed by atoms with van der Waals surface area (Å²) in [6.45, 7) is 8.15. The molecule has 0 aromatic heterocycles. The molecule has 2 aromatic carbocycles. The number of morpholine rings is 1. The molecule has 5 rings (SSSR count). The van der Waals surface area contributed by atoms with Crippen LogP contribution in [0.25, 0.3) is 0 Å². The first kappa shape index (κ1) is 25.5. The quantitative estimate of drug-likeness (QED) is 0.513. The fourth-order valence-corrected chi connectivity index (χ4v) is 6.00. The van der Waals surface area contributed by atoms with E-state index in [1.807, 2.05) is 6.07 Å². The van der Waals surface area contributed by atoms with Crippen molar-refractivity contribution in [2.75, 3.05) is 78.2 Å². The molecule has 0 aliphatic carbocycles. The molecule has 0 radical (unpaired) electrons. The summed E-state index contributed by atoms with van der Waals surface area (Å²) in [5.74, 6) is 2.38. The molecule has 3 saturated heterocycles. The number of piperidine rings is 1. The fraction of sp³-hybridized carbons (Fsp3) is 0.571. The fourth-order valence-electron chi connectivity index (χ4n) is 5.81. The molecule has 36 heavy (non-hydrogen) atoms. The van der Waals surface area contributed by atoms with E-state index in [-0.39, 0.29) is 0 Å². The van der Waals surface area contributed by atoms with Gasteiger partial charge in [0, 0.05) is 63.1 Å². The SMILES string of the molecule is COc1cc(N2CCN3[C@@H](CCC[C@@H]3c3ccc(OCCN4CCOCC4)c(OC)c3)C2)ccc1Cl. The van der Waals surface area contributed by atoms with Crippen molar-refractivity contribution >= 4 is 17.3 Å². The Balaban J connectivity index is 1.23. The molecule has 3 aliphatic rings. The number of fused-ring (bicyclic) bond motifs is 1. The Hall–Kier alpha value is -2.19. The second-order valence-corrected chi connectivity index (χ2v) is 10.2. The van der Waals surface area contributed by atoms with Gasteiger partial charge in [0.05, 0.1) is 32.5 Å². The molecule has 0 amide bonds. The third-order valence-corrected chi connectivity index (χ3v) is 8.10. The van der Waals surface area contributed by atoms with Crippen molar-refractivity contribution in [1.82, 2.24) is 9.80 Å². The van der Waals surface area contributed by atoms with E-state index in [0.29, 0.717) is 23.7 Å². The zero-order valence-corrected chi connectivity index (χ0v) is 22.2. The molecule has 3 heterocycles. The van der Waals surface area contributed by atoms with Gasteiger partial charge in [-0.1, -0.05) is 17.7 Å². The van der Waals surface area contributed by atoms with Gasteiger partial charge >= 0.3 is 0 Å². The average Bonchev–Trinajstić information content (AvgIpc) is 2.93. The number of ether oxygens (including phenoxy) is 4. The Labute approximate surface area is 219 Å². The van der Waals surface area contributed by atoms with Crippen molar-refractivity contribution in [3.63, 3.8) is 0 Å². The van der Waals surface area contributed by atoms with Crippen LogP contribution in [0.15, 0.2) is 36.4 Å². The summed E-state index contributed by atoms with van der Waals surface area (Å²) in [5.41, 5.74) is 2.50. The van der Waals surface area contributed by atoms with Crippen LogP contribution in [0.3, 0.4) is 0 Å². The van der Waals surface area contributed by atoms with Crippen molar-refractivity contribution in [1.29, 1.82) is 0 Å². The van der Waals surface area contributed by atoms with Gasteiger partial charge in [-0.15, -0.1) is 0 Å². The lowest BCUT2D eigenvalue weighted by Crippen LogP contribution is -2.55. The summed E-state index contributed by atoms with van der Waals surface area (Å²) in [6, 6.07) is 13.5. The van der Waals surface area contributed by atoms with Crippen LogP contribution >= 0.6 is 11.6 Å². The zero-order chi connectivity index (χ0) is 24.9. The largest absolute Gasteiger partial charge is 0.495 e. The Morgan fingerprint density at radius 2 is 1.75 bits per heavy atom. The Kier molecular flexibility index (Phi) is 8.42. The van der Waals surface area contributed by atoms with Crippen LogP contribution in [-0.2, 0) is 4.74 Å². The van der Waals surface area contributed by atoms with Gasteiger partial charge in [-0.05, 0) is 49.1 Å². The van der Waals surface area contributed by atoms with E-state index in [2.05, 4.69) is 45.0 Å². The Bertz CT molecular complexity index is 1020. The normalized spacial score (nSPS) is 23.2. The number of nitrogens with zero attached hydrogens (tertiary/aromatic N) is 3. The molecule has 3 fully saturated rings. The molecular formula is C28H38ClN3O4. The van der Waals surface area contributed by atoms with Gasteiger partial charge in [-0.3, -0.25) is 9.80 Å². The monoisotopic (exact) mass is 515 g/mol. The van der Waals surface area contributed by atoms with Crippen molar-refractivity contribution in [2.24, 2.45) is 0 Å². The number of halogens is 1. The number of piperazine rings is 1. The molecular weight excluding hydrogens is 478 g/mol. The number of benzene rings is 2. The van der Waals surface area contributed by atoms with Crippen LogP contribution < -0.4 is 19.1 Å². The second-order valence-electron chi connectivity index (χ2n) is 9.82. The van der Waals surface area contributed by atoms with E-state index in [1.165, 1.54) is 30.5 Å². The maximum Gasteiger partial charge on any atom is 0.161 e. The predicted octanol–water partition coefficient (Wildman–Crippen LogP) is 4.48. The zero-order valence-electron chi connectivity index (χ0n) is 21.5. The molecule has 0 N–H and O–H groups in total. The van der Waals surface area contributed by atoms with Crippen LogP contribution in [0.5, 0.6) is 17.2 Å². The first-order chi connectivity index (χ1) is 17.7. The molecule has 3 aliphatic heterocycles. The molecule has 2 atom stereocenters. The minimum absolute atomic E-state index is 0.405. The standard InChI is InChI=1S/C28H38ClN3O4/c1-33-27-19-22(7-8-24(27)29)31-10-11-32-23(20-31)4-3-5-25(32)21-6-9-26(28(18-21)34-2)36-17-14-30-12-15-35-16-13-30/h6-9,18-19,23,25H,3-5,10-17,20H2,1-2H3/t23-,25+/m0/s1. The van der Waals surface area contributed by atoms with E-state index in [4.69, 9.17) is 30.5 Å². The molecule has 0 unspecified atom stereocenters. The lowest BCUT2D eigenvalue weighted by Gasteiger charge is -2.49. The lowest BCUT2D eigenvalue weighted by molar-refractivity contribution is 0.0321. The maximum atomic E-state index is 6.25. The van der Waals surface area contributed by atoms with Gasteiger partial charge < -0.3 is 23.8 Å². The van der Waals surface area contributed by atoms with Crippen molar-refractivity contribution < 1.29 is 18.9 Å². The van der Waals surface area contributed by atoms with Crippen molar-refractivity contribution in [3.8, 4) is 17.2 Å². The minimum Gasteiger partial charge on any atom is -0.495 e. The number of anilines is 1. The molecule has 0 saturated carbocycles. The average molecular weight is 516 g/mol. The first-order valence-electron chi connectivity index (χ1n) is 13.1. The summed E-state index contributed by atoms with van der Waals surface area (Å²) in [6.07, 6.45) is 3.62. The van der Waals surface area contributed by atoms with Gasteiger partial charge in [0.1, 0.15) is 12.4 Å². The summed E-state index contributed by atoms with van der Waals surface area (Å²) in [5, 5.41) is 0.653. The van der Waals surface area contributed by atoms with Crippen LogP contribution in [-0.4, -0.2) is 89.2 Å². The summed E-state index contributed by atoms with van der Waals surface area (Å²) in [7, 11) is 3.40. The molecule has 196 valence electrons. The summed E-state index contributed by atoms with van der Waals surface area (Å²) >= 11 is 6.25. The molecule has 8 heteroatoms. The Morgan fingerprint density at radius 3 is 2.56 bits per heavy atom. The van der Waals surface area contributed by atoms with Crippen LogP contribution in [0.2, 0.25) is 5.02 Å². The third-order valence-electron chi connectivity index (χ3n) is 7.78. The van der Waals surface area contributed by atoms with Crippen molar-refractivity contribution in [3.05, 3.63) is 47.0 Å². The van der Waals surface area contributed by atoms with Gasteiger partial charge in [0.2, 0.25) is 0 Å². The molecule has 2 aromatic rings. The highest BCUT2D eigenvalue weighted by Crippen LogP contribution is 2.40. The number of methoxy groups -OCH3 is 2. The smallest absolute Gasteiger partial charge is 0.161 e. The summed E-state index contributed by atoms with van der Waals surface area (Å²) in [4.78, 5) is 7.54. The molecule has 0 spiro atoms.